The van der Waals surface area contributed by atoms with Crippen LogP contribution in [0.1, 0.15) is 17.5 Å². The van der Waals surface area contributed by atoms with E-state index in [-0.39, 0.29) is 36.3 Å². The van der Waals surface area contributed by atoms with Crippen molar-refractivity contribution < 1.29 is 21.6 Å². The van der Waals surface area contributed by atoms with Crippen LogP contribution in [0.25, 0.3) is 0 Å². The molecule has 2 rings (SSSR count). The first-order valence-electron chi connectivity index (χ1n) is 7.81. The van der Waals surface area contributed by atoms with Crippen LogP contribution in [-0.4, -0.2) is 51.1 Å². The predicted molar refractivity (Wildman–Crippen MR) is 105 cm³/mol. The van der Waals surface area contributed by atoms with E-state index in [4.69, 9.17) is 0 Å². The Morgan fingerprint density at radius 2 is 2.04 bits per heavy atom. The zero-order chi connectivity index (χ0) is 18.5. The normalized spacial score (nSPS) is 17.6. The van der Waals surface area contributed by atoms with Gasteiger partial charge in [-0.2, -0.15) is 13.2 Å². The molecular formula is C15H22F3IN4O2S. The van der Waals surface area contributed by atoms with Gasteiger partial charge in [-0.15, -0.1) is 24.0 Å². The van der Waals surface area contributed by atoms with Gasteiger partial charge in [0.05, 0.1) is 11.3 Å². The zero-order valence-corrected chi connectivity index (χ0v) is 17.4. The number of nitrogens with zero attached hydrogens (tertiary/aromatic N) is 2. The van der Waals surface area contributed by atoms with Gasteiger partial charge in [0.2, 0.25) is 10.0 Å². The molecule has 0 bridgehead atoms. The van der Waals surface area contributed by atoms with Crippen molar-refractivity contribution in [2.75, 3.05) is 32.4 Å². The Morgan fingerprint density at radius 3 is 2.62 bits per heavy atom. The number of aliphatic imine (C=N–C) groups is 1. The van der Waals surface area contributed by atoms with Gasteiger partial charge in [-0.05, 0) is 24.1 Å². The minimum atomic E-state index is -4.38. The van der Waals surface area contributed by atoms with E-state index in [9.17, 15) is 21.6 Å². The average Bonchev–Trinajstić information content (AvgIpc) is 2.88. The van der Waals surface area contributed by atoms with Crippen molar-refractivity contribution in [3.8, 4) is 0 Å². The van der Waals surface area contributed by atoms with Crippen LogP contribution in [0.3, 0.4) is 0 Å². The highest BCUT2D eigenvalue weighted by atomic mass is 127. The summed E-state index contributed by atoms with van der Waals surface area (Å²) in [6.45, 7) is 1.37. The van der Waals surface area contributed by atoms with Crippen LogP contribution < -0.4 is 10.6 Å². The third-order valence-electron chi connectivity index (χ3n) is 3.79. The van der Waals surface area contributed by atoms with Crippen LogP contribution in [0.15, 0.2) is 29.3 Å². The molecule has 0 aliphatic carbocycles. The van der Waals surface area contributed by atoms with Gasteiger partial charge < -0.3 is 10.6 Å². The first-order valence-corrected chi connectivity index (χ1v) is 9.42. The number of benzene rings is 1. The summed E-state index contributed by atoms with van der Waals surface area (Å²) in [5, 5.41) is 5.87. The highest BCUT2D eigenvalue weighted by molar-refractivity contribution is 14.0. The van der Waals surface area contributed by atoms with Crippen molar-refractivity contribution in [2.24, 2.45) is 4.99 Å². The molecule has 1 aliphatic heterocycles. The molecule has 1 aromatic carbocycles. The fraction of sp³-hybridized carbons (Fsp3) is 0.533. The summed E-state index contributed by atoms with van der Waals surface area (Å²) in [6.07, 6.45) is -3.75. The predicted octanol–water partition coefficient (Wildman–Crippen LogP) is 2.02. The molecule has 1 saturated heterocycles. The number of guanidine groups is 1. The van der Waals surface area contributed by atoms with Gasteiger partial charge in [-0.25, -0.2) is 12.7 Å². The molecule has 148 valence electrons. The number of hydrogen-bond acceptors (Lipinski definition) is 3. The van der Waals surface area contributed by atoms with Crippen LogP contribution in [0.5, 0.6) is 0 Å². The minimum Gasteiger partial charge on any atom is -0.355 e. The number of sulfonamides is 1. The van der Waals surface area contributed by atoms with E-state index in [0.29, 0.717) is 37.6 Å². The Bertz CT molecular complexity index is 726. The quantitative estimate of drug-likeness (QED) is 0.364. The van der Waals surface area contributed by atoms with Gasteiger partial charge >= 0.3 is 6.18 Å². The maximum absolute atomic E-state index is 12.7. The summed E-state index contributed by atoms with van der Waals surface area (Å²) in [5.41, 5.74) is -0.228. The van der Waals surface area contributed by atoms with Gasteiger partial charge in [-0.1, -0.05) is 12.1 Å². The topological polar surface area (TPSA) is 73.8 Å². The number of alkyl halides is 3. The fourth-order valence-electron chi connectivity index (χ4n) is 2.51. The SMILES string of the molecule is CN=C(NCCN1CCCS1(=O)=O)NCc1cccc(C(F)(F)F)c1.I. The summed E-state index contributed by atoms with van der Waals surface area (Å²) in [5.74, 6) is 0.573. The van der Waals surface area contributed by atoms with Gasteiger partial charge in [0.15, 0.2) is 5.96 Å². The molecule has 1 aliphatic rings. The monoisotopic (exact) mass is 506 g/mol. The van der Waals surface area contributed by atoms with E-state index in [0.717, 1.165) is 12.1 Å². The number of nitrogens with one attached hydrogen (secondary N) is 2. The largest absolute Gasteiger partial charge is 0.416 e. The van der Waals surface area contributed by atoms with Crippen molar-refractivity contribution in [3.05, 3.63) is 35.4 Å². The summed E-state index contributed by atoms with van der Waals surface area (Å²) in [6, 6.07) is 5.05. The van der Waals surface area contributed by atoms with E-state index >= 15 is 0 Å². The van der Waals surface area contributed by atoms with Gasteiger partial charge in [0, 0.05) is 33.2 Å². The number of rotatable bonds is 5. The third-order valence-corrected chi connectivity index (χ3v) is 5.75. The second kappa shape index (κ2) is 9.74. The first kappa shape index (κ1) is 23.0. The molecule has 0 aromatic heterocycles. The molecule has 6 nitrogen and oxygen atoms in total. The fourth-order valence-corrected chi connectivity index (χ4v) is 4.03. The second-order valence-corrected chi connectivity index (χ2v) is 7.71. The van der Waals surface area contributed by atoms with Crippen LogP contribution >= 0.6 is 24.0 Å². The molecule has 2 N–H and O–H groups in total. The lowest BCUT2D eigenvalue weighted by molar-refractivity contribution is -0.137. The molecular weight excluding hydrogens is 484 g/mol. The first-order chi connectivity index (χ1) is 11.7. The molecule has 0 spiro atoms. The second-order valence-electron chi connectivity index (χ2n) is 5.62. The summed E-state index contributed by atoms with van der Waals surface area (Å²) < 4.78 is 62.9. The van der Waals surface area contributed by atoms with Crippen LogP contribution in [0.4, 0.5) is 13.2 Å². The number of halogens is 4. The maximum Gasteiger partial charge on any atom is 0.416 e. The summed E-state index contributed by atoms with van der Waals surface area (Å²) in [4.78, 5) is 3.98. The van der Waals surface area contributed by atoms with Crippen LogP contribution in [0, 0.1) is 0 Å². The molecule has 0 saturated carbocycles. The van der Waals surface area contributed by atoms with Gasteiger partial charge in [0.25, 0.3) is 0 Å². The lowest BCUT2D eigenvalue weighted by Gasteiger charge is -2.17. The Hall–Kier alpha value is -1.08. The molecule has 1 heterocycles. The van der Waals surface area contributed by atoms with Crippen molar-refractivity contribution in [3.63, 3.8) is 0 Å². The molecule has 1 fully saturated rings. The highest BCUT2D eigenvalue weighted by Gasteiger charge is 2.30. The van der Waals surface area contributed by atoms with Crippen molar-refractivity contribution in [2.45, 2.75) is 19.1 Å². The maximum atomic E-state index is 12.7. The third kappa shape index (κ3) is 6.58. The zero-order valence-electron chi connectivity index (χ0n) is 14.2. The highest BCUT2D eigenvalue weighted by Crippen LogP contribution is 2.29. The lowest BCUT2D eigenvalue weighted by Crippen LogP contribution is -2.41. The van der Waals surface area contributed by atoms with E-state index in [1.165, 1.54) is 17.4 Å². The van der Waals surface area contributed by atoms with Crippen LogP contribution in [0.2, 0.25) is 0 Å². The summed E-state index contributed by atoms with van der Waals surface area (Å²) >= 11 is 0. The van der Waals surface area contributed by atoms with E-state index in [1.807, 2.05) is 0 Å². The molecule has 1 aromatic rings. The Labute approximate surface area is 168 Å². The smallest absolute Gasteiger partial charge is 0.355 e. The van der Waals surface area contributed by atoms with E-state index < -0.39 is 21.8 Å². The molecule has 0 radical (unpaired) electrons. The average molecular weight is 506 g/mol. The lowest BCUT2D eigenvalue weighted by atomic mass is 10.1. The minimum absolute atomic E-state index is 0. The van der Waals surface area contributed by atoms with Crippen molar-refractivity contribution in [1.29, 1.82) is 0 Å². The van der Waals surface area contributed by atoms with Crippen molar-refractivity contribution >= 4 is 40.0 Å². The van der Waals surface area contributed by atoms with E-state index in [2.05, 4.69) is 15.6 Å². The molecule has 0 atom stereocenters. The Morgan fingerprint density at radius 1 is 1.31 bits per heavy atom. The number of hydrogen-bond donors (Lipinski definition) is 2. The Kier molecular flexibility index (Phi) is 8.60. The molecule has 0 unspecified atom stereocenters. The summed E-state index contributed by atoms with van der Waals surface area (Å²) in [7, 11) is -1.60. The van der Waals surface area contributed by atoms with Crippen LogP contribution in [-0.2, 0) is 22.7 Å². The van der Waals surface area contributed by atoms with Gasteiger partial charge in [-0.3, -0.25) is 4.99 Å². The Balaban J connectivity index is 0.00000338. The van der Waals surface area contributed by atoms with Crippen molar-refractivity contribution in [1.82, 2.24) is 14.9 Å². The molecule has 26 heavy (non-hydrogen) atoms. The van der Waals surface area contributed by atoms with E-state index in [1.54, 1.807) is 6.07 Å². The standard InChI is InChI=1S/C15H21F3N4O2S.HI/c1-19-14(20-6-8-22-7-3-9-25(22,23)24)21-11-12-4-2-5-13(10-12)15(16,17)18;/h2,4-5,10H,3,6-9,11H2,1H3,(H2,19,20,21);1H. The molecule has 0 amide bonds. The van der Waals surface area contributed by atoms with Gasteiger partial charge in [0.1, 0.15) is 0 Å². The molecule has 11 heteroatoms.